The SMILES string of the molecule is CC(CO)CCCNC(=O)CSc1ccncc1. The predicted molar refractivity (Wildman–Crippen MR) is 73.5 cm³/mol. The third-order valence-electron chi connectivity index (χ3n) is 2.53. The minimum absolute atomic E-state index is 0.0495. The van der Waals surface area contributed by atoms with E-state index in [0.29, 0.717) is 18.2 Å². The smallest absolute Gasteiger partial charge is 0.230 e. The fourth-order valence-electron chi connectivity index (χ4n) is 1.40. The van der Waals surface area contributed by atoms with Crippen LogP contribution in [0, 0.1) is 5.92 Å². The molecule has 0 saturated heterocycles. The second-order valence-corrected chi connectivity index (χ2v) is 5.30. The first-order chi connectivity index (χ1) is 8.72. The number of carbonyl (C=O) groups excluding carboxylic acids is 1. The van der Waals surface area contributed by atoms with Crippen LogP contribution >= 0.6 is 11.8 Å². The quantitative estimate of drug-likeness (QED) is 0.556. The number of rotatable bonds is 8. The lowest BCUT2D eigenvalue weighted by molar-refractivity contribution is -0.118. The molecule has 0 bridgehead atoms. The number of aliphatic hydroxyl groups excluding tert-OH is 1. The number of hydrogen-bond acceptors (Lipinski definition) is 4. The van der Waals surface area contributed by atoms with Crippen molar-refractivity contribution in [3.63, 3.8) is 0 Å². The van der Waals surface area contributed by atoms with Gasteiger partial charge in [-0.2, -0.15) is 0 Å². The normalized spacial score (nSPS) is 12.1. The van der Waals surface area contributed by atoms with Crippen LogP contribution in [0.2, 0.25) is 0 Å². The minimum atomic E-state index is 0.0495. The number of carbonyl (C=O) groups is 1. The van der Waals surface area contributed by atoms with E-state index >= 15 is 0 Å². The Hall–Kier alpha value is -1.07. The lowest BCUT2D eigenvalue weighted by atomic mass is 10.1. The Morgan fingerprint density at radius 3 is 2.89 bits per heavy atom. The lowest BCUT2D eigenvalue weighted by Crippen LogP contribution is -2.26. The van der Waals surface area contributed by atoms with Gasteiger partial charge in [0.1, 0.15) is 0 Å². The molecule has 0 aliphatic rings. The van der Waals surface area contributed by atoms with Crippen molar-refractivity contribution in [2.24, 2.45) is 5.92 Å². The Kier molecular flexibility index (Phi) is 7.44. The molecule has 2 N–H and O–H groups in total. The zero-order valence-corrected chi connectivity index (χ0v) is 11.4. The molecule has 0 fully saturated rings. The Morgan fingerprint density at radius 2 is 2.22 bits per heavy atom. The summed E-state index contributed by atoms with van der Waals surface area (Å²) in [6, 6.07) is 3.78. The van der Waals surface area contributed by atoms with Crippen LogP contribution in [0.15, 0.2) is 29.4 Å². The van der Waals surface area contributed by atoms with E-state index in [9.17, 15) is 4.79 Å². The molecule has 1 unspecified atom stereocenters. The number of nitrogens with one attached hydrogen (secondary N) is 1. The number of hydrogen-bond donors (Lipinski definition) is 2. The molecule has 0 aromatic carbocycles. The highest BCUT2D eigenvalue weighted by Crippen LogP contribution is 2.15. The standard InChI is InChI=1S/C13H20N2O2S/c1-11(9-16)3-2-6-15-13(17)10-18-12-4-7-14-8-5-12/h4-5,7-8,11,16H,2-3,6,9-10H2,1H3,(H,15,17). The zero-order chi connectivity index (χ0) is 13.2. The van der Waals surface area contributed by atoms with Crippen molar-refractivity contribution >= 4 is 17.7 Å². The third-order valence-corrected chi connectivity index (χ3v) is 3.54. The fourth-order valence-corrected chi connectivity index (χ4v) is 2.12. The molecule has 100 valence electrons. The summed E-state index contributed by atoms with van der Waals surface area (Å²) in [5.41, 5.74) is 0. The molecule has 1 aromatic heterocycles. The second kappa shape index (κ2) is 8.94. The van der Waals surface area contributed by atoms with Crippen molar-refractivity contribution in [3.05, 3.63) is 24.5 Å². The average molecular weight is 268 g/mol. The molecule has 5 heteroatoms. The van der Waals surface area contributed by atoms with E-state index in [1.807, 2.05) is 19.1 Å². The summed E-state index contributed by atoms with van der Waals surface area (Å²) in [5, 5.41) is 11.7. The number of pyridine rings is 1. The number of aliphatic hydroxyl groups is 1. The molecular formula is C13H20N2O2S. The van der Waals surface area contributed by atoms with E-state index in [0.717, 1.165) is 17.7 Å². The minimum Gasteiger partial charge on any atom is -0.396 e. The molecule has 0 saturated carbocycles. The van der Waals surface area contributed by atoms with Crippen LogP contribution in [0.4, 0.5) is 0 Å². The molecule has 1 atom stereocenters. The van der Waals surface area contributed by atoms with Crippen molar-refractivity contribution in [2.45, 2.75) is 24.7 Å². The molecule has 18 heavy (non-hydrogen) atoms. The molecular weight excluding hydrogens is 248 g/mol. The van der Waals surface area contributed by atoms with Crippen LogP contribution in [-0.2, 0) is 4.79 Å². The van der Waals surface area contributed by atoms with Gasteiger partial charge in [-0.25, -0.2) is 0 Å². The summed E-state index contributed by atoms with van der Waals surface area (Å²) >= 11 is 1.51. The second-order valence-electron chi connectivity index (χ2n) is 4.25. The van der Waals surface area contributed by atoms with Gasteiger partial charge < -0.3 is 10.4 Å². The average Bonchev–Trinajstić information content (AvgIpc) is 2.42. The summed E-state index contributed by atoms with van der Waals surface area (Å²) in [6.07, 6.45) is 5.29. The summed E-state index contributed by atoms with van der Waals surface area (Å²) in [6.45, 7) is 2.90. The van der Waals surface area contributed by atoms with Crippen molar-refractivity contribution < 1.29 is 9.90 Å². The van der Waals surface area contributed by atoms with E-state index < -0.39 is 0 Å². The molecule has 1 amide bonds. The third kappa shape index (κ3) is 6.61. The summed E-state index contributed by atoms with van der Waals surface area (Å²) in [4.78, 5) is 16.5. The van der Waals surface area contributed by atoms with Crippen LogP contribution in [-0.4, -0.2) is 34.9 Å². The number of nitrogens with zero attached hydrogens (tertiary/aromatic N) is 1. The first-order valence-electron chi connectivity index (χ1n) is 6.12. The Labute approximate surface area is 112 Å². The van der Waals surface area contributed by atoms with Crippen LogP contribution < -0.4 is 5.32 Å². The van der Waals surface area contributed by atoms with Gasteiger partial charge in [-0.05, 0) is 30.9 Å². The molecule has 1 heterocycles. The maximum absolute atomic E-state index is 11.5. The zero-order valence-electron chi connectivity index (χ0n) is 10.6. The van der Waals surface area contributed by atoms with Gasteiger partial charge in [-0.15, -0.1) is 11.8 Å². The molecule has 0 spiro atoms. The first-order valence-corrected chi connectivity index (χ1v) is 7.11. The Morgan fingerprint density at radius 1 is 1.50 bits per heavy atom. The molecule has 0 aliphatic carbocycles. The van der Waals surface area contributed by atoms with E-state index in [4.69, 9.17) is 5.11 Å². The highest BCUT2D eigenvalue weighted by Gasteiger charge is 2.03. The van der Waals surface area contributed by atoms with Crippen LogP contribution in [0.25, 0.3) is 0 Å². The monoisotopic (exact) mass is 268 g/mol. The maximum atomic E-state index is 11.5. The summed E-state index contributed by atoms with van der Waals surface area (Å²) < 4.78 is 0. The van der Waals surface area contributed by atoms with Crippen molar-refractivity contribution in [2.75, 3.05) is 18.9 Å². The van der Waals surface area contributed by atoms with E-state index in [-0.39, 0.29) is 12.5 Å². The fraction of sp³-hybridized carbons (Fsp3) is 0.538. The van der Waals surface area contributed by atoms with Crippen molar-refractivity contribution in [1.82, 2.24) is 10.3 Å². The van der Waals surface area contributed by atoms with Crippen LogP contribution in [0.1, 0.15) is 19.8 Å². The van der Waals surface area contributed by atoms with Gasteiger partial charge >= 0.3 is 0 Å². The molecule has 1 rings (SSSR count). The van der Waals surface area contributed by atoms with Gasteiger partial charge in [-0.1, -0.05) is 6.92 Å². The maximum Gasteiger partial charge on any atom is 0.230 e. The summed E-state index contributed by atoms with van der Waals surface area (Å²) in [7, 11) is 0. The van der Waals surface area contributed by atoms with E-state index in [1.165, 1.54) is 11.8 Å². The highest BCUT2D eigenvalue weighted by molar-refractivity contribution is 8.00. The Bertz CT molecular complexity index is 346. The van der Waals surface area contributed by atoms with Crippen molar-refractivity contribution in [1.29, 1.82) is 0 Å². The van der Waals surface area contributed by atoms with Gasteiger partial charge in [0, 0.05) is 30.4 Å². The van der Waals surface area contributed by atoms with Crippen LogP contribution in [0.5, 0.6) is 0 Å². The highest BCUT2D eigenvalue weighted by atomic mass is 32.2. The van der Waals surface area contributed by atoms with Gasteiger partial charge in [-0.3, -0.25) is 9.78 Å². The topological polar surface area (TPSA) is 62.2 Å². The lowest BCUT2D eigenvalue weighted by Gasteiger charge is -2.08. The number of aromatic nitrogens is 1. The molecule has 0 radical (unpaired) electrons. The first kappa shape index (κ1) is 15.0. The molecule has 1 aromatic rings. The number of thioether (sulfide) groups is 1. The van der Waals surface area contributed by atoms with E-state index in [1.54, 1.807) is 12.4 Å². The number of amides is 1. The predicted octanol–water partition coefficient (Wildman–Crippen LogP) is 1.70. The van der Waals surface area contributed by atoms with Gasteiger partial charge in [0.15, 0.2) is 0 Å². The molecule has 0 aliphatic heterocycles. The van der Waals surface area contributed by atoms with Crippen molar-refractivity contribution in [3.8, 4) is 0 Å². The molecule has 4 nitrogen and oxygen atoms in total. The van der Waals surface area contributed by atoms with E-state index in [2.05, 4.69) is 10.3 Å². The van der Waals surface area contributed by atoms with Crippen LogP contribution in [0.3, 0.4) is 0 Å². The summed E-state index contributed by atoms with van der Waals surface area (Å²) in [5.74, 6) is 0.793. The Balaban J connectivity index is 2.07. The largest absolute Gasteiger partial charge is 0.396 e. The van der Waals surface area contributed by atoms with Gasteiger partial charge in [0.25, 0.3) is 0 Å². The van der Waals surface area contributed by atoms with Gasteiger partial charge in [0.2, 0.25) is 5.91 Å². The van der Waals surface area contributed by atoms with Gasteiger partial charge in [0.05, 0.1) is 5.75 Å².